The van der Waals surface area contributed by atoms with E-state index in [1.54, 1.807) is 25.1 Å². The Morgan fingerprint density at radius 2 is 1.70 bits per heavy atom. The molecule has 20 heavy (non-hydrogen) atoms. The van der Waals surface area contributed by atoms with Gasteiger partial charge in [-0.1, -0.05) is 30.3 Å². The quantitative estimate of drug-likeness (QED) is 0.795. The Labute approximate surface area is 119 Å². The number of carbonyl (C=O) groups is 1. The number of anilines is 1. The van der Waals surface area contributed by atoms with Gasteiger partial charge in [0.25, 0.3) is 5.91 Å². The Hall–Kier alpha value is -2.55. The molecular weight excluding hydrogens is 250 g/mol. The first-order valence-electron chi connectivity index (χ1n) is 6.35. The second-order valence-corrected chi connectivity index (χ2v) is 4.34. The van der Waals surface area contributed by atoms with Crippen molar-refractivity contribution in [2.75, 3.05) is 19.1 Å². The van der Waals surface area contributed by atoms with Crippen molar-refractivity contribution in [2.45, 2.75) is 0 Å². The lowest BCUT2D eigenvalue weighted by atomic mass is 10.2. The number of ether oxygens (including phenoxy) is 1. The van der Waals surface area contributed by atoms with Crippen LogP contribution in [0.1, 0.15) is 5.56 Å². The average molecular weight is 267 g/mol. The molecule has 3 heteroatoms. The topological polar surface area (TPSA) is 29.5 Å². The molecule has 0 radical (unpaired) electrons. The first-order chi connectivity index (χ1) is 9.70. The van der Waals surface area contributed by atoms with E-state index in [-0.39, 0.29) is 5.91 Å². The number of carbonyl (C=O) groups excluding carboxylic acids is 1. The highest BCUT2D eigenvalue weighted by Gasteiger charge is 2.07. The summed E-state index contributed by atoms with van der Waals surface area (Å²) in [7, 11) is 3.37. The van der Waals surface area contributed by atoms with E-state index in [0.29, 0.717) is 0 Å². The van der Waals surface area contributed by atoms with E-state index >= 15 is 0 Å². The fraction of sp³-hybridized carbons (Fsp3) is 0.118. The van der Waals surface area contributed by atoms with Crippen molar-refractivity contribution in [2.24, 2.45) is 0 Å². The van der Waals surface area contributed by atoms with Crippen molar-refractivity contribution in [3.8, 4) is 5.75 Å². The highest BCUT2D eigenvalue weighted by molar-refractivity contribution is 6.03. The molecule has 0 spiro atoms. The van der Waals surface area contributed by atoms with Gasteiger partial charge in [-0.2, -0.15) is 0 Å². The van der Waals surface area contributed by atoms with Gasteiger partial charge in [-0.25, -0.2) is 0 Å². The monoisotopic (exact) mass is 267 g/mol. The van der Waals surface area contributed by atoms with Crippen molar-refractivity contribution in [3.05, 3.63) is 66.2 Å². The Morgan fingerprint density at radius 1 is 1.05 bits per heavy atom. The number of amides is 1. The summed E-state index contributed by atoms with van der Waals surface area (Å²) in [4.78, 5) is 13.7. The third-order valence-electron chi connectivity index (χ3n) is 3.01. The van der Waals surface area contributed by atoms with Crippen LogP contribution < -0.4 is 9.64 Å². The Morgan fingerprint density at radius 3 is 2.30 bits per heavy atom. The van der Waals surface area contributed by atoms with Crippen LogP contribution in [0.2, 0.25) is 0 Å². The van der Waals surface area contributed by atoms with Crippen molar-refractivity contribution in [3.63, 3.8) is 0 Å². The fourth-order valence-corrected chi connectivity index (χ4v) is 1.78. The van der Waals surface area contributed by atoms with Crippen molar-refractivity contribution < 1.29 is 9.53 Å². The SMILES string of the molecule is COc1ccc(N(C)C(=O)/C=C/c2ccccc2)cc1. The van der Waals surface area contributed by atoms with E-state index < -0.39 is 0 Å². The summed E-state index contributed by atoms with van der Waals surface area (Å²) >= 11 is 0. The molecule has 0 aliphatic heterocycles. The zero-order chi connectivity index (χ0) is 14.4. The van der Waals surface area contributed by atoms with Gasteiger partial charge in [-0.15, -0.1) is 0 Å². The molecule has 0 aliphatic carbocycles. The molecule has 0 heterocycles. The third-order valence-corrected chi connectivity index (χ3v) is 3.01. The van der Waals surface area contributed by atoms with Crippen LogP contribution in [0.3, 0.4) is 0 Å². The number of methoxy groups -OCH3 is 1. The van der Waals surface area contributed by atoms with E-state index in [9.17, 15) is 4.79 Å². The van der Waals surface area contributed by atoms with Crippen LogP contribution in [-0.4, -0.2) is 20.1 Å². The fourth-order valence-electron chi connectivity index (χ4n) is 1.78. The van der Waals surface area contributed by atoms with Crippen LogP contribution in [-0.2, 0) is 4.79 Å². The van der Waals surface area contributed by atoms with E-state index in [4.69, 9.17) is 4.74 Å². The maximum absolute atomic E-state index is 12.1. The molecule has 0 N–H and O–H groups in total. The van der Waals surface area contributed by atoms with Crippen molar-refractivity contribution in [1.82, 2.24) is 0 Å². The summed E-state index contributed by atoms with van der Waals surface area (Å²) in [6.07, 6.45) is 3.38. The standard InChI is InChI=1S/C17H17NO2/c1-18(15-9-11-16(20-2)12-10-15)17(19)13-8-14-6-4-3-5-7-14/h3-13H,1-2H3/b13-8+. The lowest BCUT2D eigenvalue weighted by Crippen LogP contribution is -2.23. The molecule has 0 fully saturated rings. The van der Waals surface area contributed by atoms with Gasteiger partial charge < -0.3 is 9.64 Å². The van der Waals surface area contributed by atoms with Gasteiger partial charge in [-0.05, 0) is 35.9 Å². The van der Waals surface area contributed by atoms with Crippen LogP contribution in [0.25, 0.3) is 6.08 Å². The summed E-state index contributed by atoms with van der Waals surface area (Å²) in [5.74, 6) is 0.702. The Kier molecular flexibility index (Phi) is 4.56. The molecule has 0 atom stereocenters. The highest BCUT2D eigenvalue weighted by Crippen LogP contribution is 2.18. The van der Waals surface area contributed by atoms with Gasteiger partial charge in [0.2, 0.25) is 0 Å². The van der Waals surface area contributed by atoms with Crippen LogP contribution in [0, 0.1) is 0 Å². The molecule has 0 bridgehead atoms. The zero-order valence-corrected chi connectivity index (χ0v) is 11.6. The summed E-state index contributed by atoms with van der Waals surface area (Å²) in [5, 5.41) is 0. The highest BCUT2D eigenvalue weighted by atomic mass is 16.5. The number of nitrogens with zero attached hydrogens (tertiary/aromatic N) is 1. The number of hydrogen-bond acceptors (Lipinski definition) is 2. The smallest absolute Gasteiger partial charge is 0.250 e. The first kappa shape index (κ1) is 13.9. The molecule has 2 aromatic carbocycles. The van der Waals surface area contributed by atoms with Crippen LogP contribution in [0.4, 0.5) is 5.69 Å². The zero-order valence-electron chi connectivity index (χ0n) is 11.6. The number of hydrogen-bond donors (Lipinski definition) is 0. The molecule has 0 saturated carbocycles. The Balaban J connectivity index is 2.06. The van der Waals surface area contributed by atoms with Crippen molar-refractivity contribution in [1.29, 1.82) is 0 Å². The second-order valence-electron chi connectivity index (χ2n) is 4.34. The molecule has 0 aliphatic rings. The minimum Gasteiger partial charge on any atom is -0.497 e. The van der Waals surface area contributed by atoms with Gasteiger partial charge in [0.15, 0.2) is 0 Å². The molecule has 2 aromatic rings. The Bertz CT molecular complexity index is 588. The van der Waals surface area contributed by atoms with Gasteiger partial charge >= 0.3 is 0 Å². The van der Waals surface area contributed by atoms with E-state index in [1.807, 2.05) is 60.7 Å². The third kappa shape index (κ3) is 3.48. The van der Waals surface area contributed by atoms with Crippen molar-refractivity contribution >= 4 is 17.7 Å². The largest absolute Gasteiger partial charge is 0.497 e. The predicted octanol–water partition coefficient (Wildman–Crippen LogP) is 3.37. The van der Waals surface area contributed by atoms with E-state index in [2.05, 4.69) is 0 Å². The van der Waals surface area contributed by atoms with Crippen LogP contribution >= 0.6 is 0 Å². The molecule has 0 aromatic heterocycles. The predicted molar refractivity (Wildman–Crippen MR) is 81.9 cm³/mol. The lowest BCUT2D eigenvalue weighted by molar-refractivity contribution is -0.113. The van der Waals surface area contributed by atoms with E-state index in [1.165, 1.54) is 0 Å². The molecule has 102 valence electrons. The normalized spacial score (nSPS) is 10.5. The number of likely N-dealkylation sites (N-methyl/N-ethyl adjacent to an activating group) is 1. The maximum atomic E-state index is 12.1. The van der Waals surface area contributed by atoms with Gasteiger partial charge in [-0.3, -0.25) is 4.79 Å². The average Bonchev–Trinajstić information content (AvgIpc) is 2.53. The molecule has 0 saturated heterocycles. The molecule has 2 rings (SSSR count). The van der Waals surface area contributed by atoms with Gasteiger partial charge in [0.05, 0.1) is 7.11 Å². The van der Waals surface area contributed by atoms with Gasteiger partial charge in [0, 0.05) is 18.8 Å². The molecule has 3 nitrogen and oxygen atoms in total. The summed E-state index contributed by atoms with van der Waals surface area (Å²) < 4.78 is 5.10. The second kappa shape index (κ2) is 6.57. The first-order valence-corrected chi connectivity index (χ1v) is 6.35. The number of rotatable bonds is 4. The summed E-state index contributed by atoms with van der Waals surface area (Å²) in [6.45, 7) is 0. The van der Waals surface area contributed by atoms with Gasteiger partial charge in [0.1, 0.15) is 5.75 Å². The number of benzene rings is 2. The van der Waals surface area contributed by atoms with Crippen LogP contribution in [0.15, 0.2) is 60.7 Å². The van der Waals surface area contributed by atoms with Crippen LogP contribution in [0.5, 0.6) is 5.75 Å². The minimum atomic E-state index is -0.0704. The lowest BCUT2D eigenvalue weighted by Gasteiger charge is -2.15. The van der Waals surface area contributed by atoms with E-state index in [0.717, 1.165) is 17.0 Å². The summed E-state index contributed by atoms with van der Waals surface area (Å²) in [5.41, 5.74) is 1.83. The molecule has 0 unspecified atom stereocenters. The molecular formula is C17H17NO2. The minimum absolute atomic E-state index is 0.0704. The maximum Gasteiger partial charge on any atom is 0.250 e. The summed E-state index contributed by atoms with van der Waals surface area (Å²) in [6, 6.07) is 17.1. The molecule has 1 amide bonds.